The van der Waals surface area contributed by atoms with Gasteiger partial charge in [0.2, 0.25) is 5.91 Å². The lowest BCUT2D eigenvalue weighted by molar-refractivity contribution is -0.180. The number of hydrogen-bond acceptors (Lipinski definition) is 5. The van der Waals surface area contributed by atoms with Gasteiger partial charge in [0.05, 0.1) is 12.0 Å². The van der Waals surface area contributed by atoms with Crippen molar-refractivity contribution in [3.63, 3.8) is 0 Å². The van der Waals surface area contributed by atoms with E-state index in [0.29, 0.717) is 12.8 Å². The van der Waals surface area contributed by atoms with Crippen molar-refractivity contribution in [2.24, 2.45) is 11.3 Å². The number of rotatable bonds is 7. The van der Waals surface area contributed by atoms with Gasteiger partial charge in [-0.1, -0.05) is 43.3 Å². The van der Waals surface area contributed by atoms with Crippen LogP contribution in [-0.4, -0.2) is 41.0 Å². The second-order valence-corrected chi connectivity index (χ2v) is 9.44. The maximum Gasteiger partial charge on any atom is 0.322 e. The van der Waals surface area contributed by atoms with Crippen molar-refractivity contribution in [3.8, 4) is 0 Å². The monoisotopic (exact) mass is 513 g/mol. The molecule has 0 aromatic heterocycles. The predicted octanol–water partition coefficient (Wildman–Crippen LogP) is 2.96. The fourth-order valence-electron chi connectivity index (χ4n) is 3.50. The number of ketones is 1. The molecular weight excluding hydrogens is 485 g/mol. The Labute approximate surface area is 185 Å². The van der Waals surface area contributed by atoms with Gasteiger partial charge < -0.3 is 15.2 Å². The van der Waals surface area contributed by atoms with Gasteiger partial charge >= 0.3 is 5.97 Å². The number of aliphatic hydroxyl groups is 1. The lowest BCUT2D eigenvalue weighted by Gasteiger charge is -2.42. The van der Waals surface area contributed by atoms with Crippen LogP contribution in [-0.2, 0) is 25.5 Å². The molecule has 1 saturated heterocycles. The Morgan fingerprint density at radius 2 is 1.97 bits per heavy atom. The number of esters is 1. The van der Waals surface area contributed by atoms with Crippen molar-refractivity contribution < 1.29 is 24.2 Å². The Balaban J connectivity index is 2.23. The average Bonchev–Trinajstić information content (AvgIpc) is 2.67. The number of carbonyl (C=O) groups excluding carboxylic acids is 3. The lowest BCUT2D eigenvalue weighted by atomic mass is 9.70. The van der Waals surface area contributed by atoms with E-state index in [4.69, 9.17) is 4.74 Å². The van der Waals surface area contributed by atoms with E-state index in [2.05, 4.69) is 27.9 Å². The molecule has 29 heavy (non-hydrogen) atoms. The molecule has 2 N–H and O–H groups in total. The molecule has 0 aliphatic carbocycles. The van der Waals surface area contributed by atoms with E-state index in [9.17, 15) is 19.5 Å². The summed E-state index contributed by atoms with van der Waals surface area (Å²) in [5, 5.41) is 12.2. The van der Waals surface area contributed by atoms with Crippen LogP contribution in [0.3, 0.4) is 0 Å². The SMILES string of the molecule is C/C(I)=C\[C@H](NC(=O)[C@H](C)O)[C@]1(C)C(=O)O[C@H](CCc2ccccc2)[C@@H](C)C1=O. The van der Waals surface area contributed by atoms with E-state index in [0.717, 1.165) is 9.14 Å². The fourth-order valence-corrected chi connectivity index (χ4v) is 3.86. The van der Waals surface area contributed by atoms with Gasteiger partial charge in [0.1, 0.15) is 17.6 Å². The zero-order valence-corrected chi connectivity index (χ0v) is 19.3. The molecular formula is C22H28INO5. The minimum absolute atomic E-state index is 0.267. The molecule has 1 fully saturated rings. The third kappa shape index (κ3) is 5.45. The van der Waals surface area contributed by atoms with E-state index in [-0.39, 0.29) is 5.78 Å². The molecule has 2 rings (SSSR count). The zero-order valence-electron chi connectivity index (χ0n) is 17.1. The summed E-state index contributed by atoms with van der Waals surface area (Å²) < 4.78 is 6.51. The maximum absolute atomic E-state index is 13.3. The summed E-state index contributed by atoms with van der Waals surface area (Å²) in [6.07, 6.45) is 1.12. The van der Waals surface area contributed by atoms with Crippen molar-refractivity contribution in [1.82, 2.24) is 5.32 Å². The zero-order chi connectivity index (χ0) is 21.8. The molecule has 1 heterocycles. The van der Waals surface area contributed by atoms with Crippen LogP contribution in [0, 0.1) is 11.3 Å². The number of allylic oxidation sites excluding steroid dienone is 1. The molecule has 6 nitrogen and oxygen atoms in total. The van der Waals surface area contributed by atoms with Crippen LogP contribution in [0.4, 0.5) is 0 Å². The van der Waals surface area contributed by atoms with E-state index < -0.39 is 41.5 Å². The minimum Gasteiger partial charge on any atom is -0.461 e. The molecule has 1 aliphatic heterocycles. The van der Waals surface area contributed by atoms with E-state index in [1.807, 2.05) is 30.3 Å². The van der Waals surface area contributed by atoms with Crippen molar-refractivity contribution in [1.29, 1.82) is 0 Å². The van der Waals surface area contributed by atoms with Gasteiger partial charge in [0.25, 0.3) is 0 Å². The third-order valence-electron chi connectivity index (χ3n) is 5.42. The third-order valence-corrected chi connectivity index (χ3v) is 5.78. The molecule has 1 aromatic rings. The fraction of sp³-hybridized carbons (Fsp3) is 0.500. The molecule has 0 saturated carbocycles. The maximum atomic E-state index is 13.3. The molecule has 0 unspecified atom stereocenters. The van der Waals surface area contributed by atoms with Gasteiger partial charge in [0, 0.05) is 0 Å². The van der Waals surface area contributed by atoms with Crippen LogP contribution in [0.25, 0.3) is 0 Å². The number of halogens is 1. The summed E-state index contributed by atoms with van der Waals surface area (Å²) in [4.78, 5) is 38.4. The first-order chi connectivity index (χ1) is 13.6. The highest BCUT2D eigenvalue weighted by Crippen LogP contribution is 2.38. The second-order valence-electron chi connectivity index (χ2n) is 7.74. The van der Waals surface area contributed by atoms with Gasteiger partial charge in [-0.15, -0.1) is 0 Å². The number of cyclic esters (lactones) is 1. The normalized spacial score (nSPS) is 27.2. The molecule has 0 radical (unpaired) electrons. The summed E-state index contributed by atoms with van der Waals surface area (Å²) in [6, 6.07) is 8.92. The van der Waals surface area contributed by atoms with Gasteiger partial charge in [-0.2, -0.15) is 0 Å². The summed E-state index contributed by atoms with van der Waals surface area (Å²) in [6.45, 7) is 6.40. The average molecular weight is 513 g/mol. The standard InChI is InChI=1S/C22H28INO5/c1-13(23)12-18(24-20(27)15(3)25)22(4)19(26)14(2)17(29-21(22)28)11-10-16-8-6-5-7-9-16/h5-9,12,14-15,17-18,25H,10-11H2,1-4H3,(H,24,27)/b13-12+/t14-,15+,17-,18+,22+/m1/s1. The largest absolute Gasteiger partial charge is 0.461 e. The van der Waals surface area contributed by atoms with E-state index in [1.165, 1.54) is 13.8 Å². The Morgan fingerprint density at radius 1 is 1.34 bits per heavy atom. The van der Waals surface area contributed by atoms with Crippen molar-refractivity contribution in [2.75, 3.05) is 0 Å². The number of amides is 1. The van der Waals surface area contributed by atoms with Crippen LogP contribution >= 0.6 is 22.6 Å². The molecule has 5 atom stereocenters. The number of carbonyl (C=O) groups is 3. The van der Waals surface area contributed by atoms with Gasteiger partial charge in [-0.3, -0.25) is 14.4 Å². The molecule has 0 bridgehead atoms. The molecule has 0 spiro atoms. The molecule has 1 aliphatic rings. The van der Waals surface area contributed by atoms with E-state index in [1.54, 1.807) is 19.9 Å². The van der Waals surface area contributed by atoms with Gasteiger partial charge in [-0.25, -0.2) is 0 Å². The molecule has 1 aromatic carbocycles. The first-order valence-electron chi connectivity index (χ1n) is 9.69. The Kier molecular flexibility index (Phi) is 7.99. The quantitative estimate of drug-likeness (QED) is 0.333. The number of nitrogens with one attached hydrogen (secondary N) is 1. The highest BCUT2D eigenvalue weighted by molar-refractivity contribution is 14.1. The minimum atomic E-state index is -1.56. The van der Waals surface area contributed by atoms with Crippen molar-refractivity contribution >= 4 is 40.3 Å². The van der Waals surface area contributed by atoms with Crippen LogP contribution in [0.2, 0.25) is 0 Å². The van der Waals surface area contributed by atoms with Crippen LogP contribution in [0.1, 0.15) is 39.7 Å². The molecule has 158 valence electrons. The lowest BCUT2D eigenvalue weighted by Crippen LogP contribution is -2.61. The summed E-state index contributed by atoms with van der Waals surface area (Å²) >= 11 is 2.05. The molecule has 7 heteroatoms. The van der Waals surface area contributed by atoms with Gasteiger partial charge in [-0.05, 0) is 65.3 Å². The summed E-state index contributed by atoms with van der Waals surface area (Å²) in [5.41, 5.74) is -0.443. The van der Waals surface area contributed by atoms with Crippen LogP contribution in [0.15, 0.2) is 40.0 Å². The number of Topliss-reactive ketones (excluding diaryl/α,β-unsaturated/α-hetero) is 1. The van der Waals surface area contributed by atoms with E-state index >= 15 is 0 Å². The predicted molar refractivity (Wildman–Crippen MR) is 118 cm³/mol. The number of aliphatic hydroxyl groups excluding tert-OH is 1. The Bertz CT molecular complexity index is 788. The summed E-state index contributed by atoms with van der Waals surface area (Å²) in [7, 11) is 0. The first-order valence-corrected chi connectivity index (χ1v) is 10.8. The number of aryl methyl sites for hydroxylation is 1. The van der Waals surface area contributed by atoms with Gasteiger partial charge in [0.15, 0.2) is 5.78 Å². The van der Waals surface area contributed by atoms with Crippen LogP contribution < -0.4 is 5.32 Å². The number of benzene rings is 1. The smallest absolute Gasteiger partial charge is 0.322 e. The highest BCUT2D eigenvalue weighted by atomic mass is 127. The highest BCUT2D eigenvalue weighted by Gasteiger charge is 2.56. The summed E-state index contributed by atoms with van der Waals surface area (Å²) in [5.74, 6) is -2.07. The van der Waals surface area contributed by atoms with Crippen molar-refractivity contribution in [3.05, 3.63) is 45.6 Å². The number of ether oxygens (including phenoxy) is 1. The van der Waals surface area contributed by atoms with Crippen molar-refractivity contribution in [2.45, 2.75) is 58.8 Å². The Morgan fingerprint density at radius 3 is 2.52 bits per heavy atom. The second kappa shape index (κ2) is 9.84. The topological polar surface area (TPSA) is 92.7 Å². The Hall–Kier alpha value is -1.74. The molecule has 1 amide bonds. The number of hydrogen-bond donors (Lipinski definition) is 2. The van der Waals surface area contributed by atoms with Crippen LogP contribution in [0.5, 0.6) is 0 Å². The first kappa shape index (κ1) is 23.5.